The second-order valence-electron chi connectivity index (χ2n) is 4.90. The Bertz CT molecular complexity index is 361. The van der Waals surface area contributed by atoms with Crippen molar-refractivity contribution >= 4 is 0 Å². The third-order valence-corrected chi connectivity index (χ3v) is 3.60. The van der Waals surface area contributed by atoms with Crippen LogP contribution in [-0.4, -0.2) is 51.4 Å². The predicted octanol–water partition coefficient (Wildman–Crippen LogP) is 1.68. The van der Waals surface area contributed by atoms with Gasteiger partial charge >= 0.3 is 0 Å². The number of hydrogen-bond donors (Lipinski definition) is 1. The number of benzene rings is 1. The monoisotopic (exact) mass is 264 g/mol. The average molecular weight is 264 g/mol. The standard InChI is InChI=1S/C15H24N2O2/c1-13(14-3-5-15(18-2)6-4-14)16-7-8-17-9-11-19-12-10-17/h3-6,13,16H,7-12H2,1-2H3/t13-/m1/s1. The molecule has 0 unspecified atom stereocenters. The molecule has 1 fully saturated rings. The van der Waals surface area contributed by atoms with Gasteiger partial charge in [0.2, 0.25) is 0 Å². The molecule has 1 N–H and O–H groups in total. The molecule has 1 aliphatic heterocycles. The summed E-state index contributed by atoms with van der Waals surface area (Å²) >= 11 is 0. The highest BCUT2D eigenvalue weighted by Crippen LogP contribution is 2.16. The first-order valence-electron chi connectivity index (χ1n) is 6.97. The predicted molar refractivity (Wildman–Crippen MR) is 76.7 cm³/mol. The molecular weight excluding hydrogens is 240 g/mol. The summed E-state index contributed by atoms with van der Waals surface area (Å²) in [6, 6.07) is 8.62. The van der Waals surface area contributed by atoms with Crippen molar-refractivity contribution in [2.45, 2.75) is 13.0 Å². The van der Waals surface area contributed by atoms with E-state index in [0.717, 1.165) is 45.1 Å². The summed E-state index contributed by atoms with van der Waals surface area (Å²) in [5, 5.41) is 3.56. The second-order valence-corrected chi connectivity index (χ2v) is 4.90. The lowest BCUT2D eigenvalue weighted by molar-refractivity contribution is 0.0382. The van der Waals surface area contributed by atoms with E-state index in [4.69, 9.17) is 9.47 Å². The Labute approximate surface area is 115 Å². The van der Waals surface area contributed by atoms with Gasteiger partial charge in [-0.1, -0.05) is 12.1 Å². The number of morpholine rings is 1. The van der Waals surface area contributed by atoms with Crippen LogP contribution in [0.25, 0.3) is 0 Å². The van der Waals surface area contributed by atoms with E-state index in [1.54, 1.807) is 7.11 Å². The van der Waals surface area contributed by atoms with Crippen LogP contribution in [0.15, 0.2) is 24.3 Å². The van der Waals surface area contributed by atoms with E-state index in [9.17, 15) is 0 Å². The normalized spacial score (nSPS) is 18.2. The van der Waals surface area contributed by atoms with Crippen LogP contribution in [-0.2, 0) is 4.74 Å². The van der Waals surface area contributed by atoms with Crippen molar-refractivity contribution in [3.05, 3.63) is 29.8 Å². The van der Waals surface area contributed by atoms with Gasteiger partial charge in [-0.3, -0.25) is 4.90 Å². The minimum atomic E-state index is 0.368. The SMILES string of the molecule is COc1ccc([C@@H](C)NCCN2CCOCC2)cc1. The average Bonchev–Trinajstić information content (AvgIpc) is 2.48. The van der Waals surface area contributed by atoms with Gasteiger partial charge in [-0.05, 0) is 24.6 Å². The van der Waals surface area contributed by atoms with Crippen LogP contribution in [0.1, 0.15) is 18.5 Å². The molecule has 0 spiro atoms. The Morgan fingerprint density at radius 1 is 1.26 bits per heavy atom. The van der Waals surface area contributed by atoms with E-state index in [1.165, 1.54) is 5.56 Å². The zero-order valence-electron chi connectivity index (χ0n) is 11.9. The van der Waals surface area contributed by atoms with Crippen molar-refractivity contribution in [2.75, 3.05) is 46.5 Å². The summed E-state index contributed by atoms with van der Waals surface area (Å²) in [6.45, 7) is 8.14. The van der Waals surface area contributed by atoms with E-state index >= 15 is 0 Å². The summed E-state index contributed by atoms with van der Waals surface area (Å²) in [5.41, 5.74) is 1.29. The Balaban J connectivity index is 1.72. The number of nitrogens with one attached hydrogen (secondary N) is 1. The fourth-order valence-electron chi connectivity index (χ4n) is 2.27. The van der Waals surface area contributed by atoms with Gasteiger partial charge in [0.05, 0.1) is 20.3 Å². The molecule has 2 rings (SSSR count). The van der Waals surface area contributed by atoms with Crippen LogP contribution in [0.5, 0.6) is 5.75 Å². The minimum absolute atomic E-state index is 0.368. The summed E-state index contributed by atoms with van der Waals surface area (Å²) in [5.74, 6) is 0.907. The van der Waals surface area contributed by atoms with Crippen molar-refractivity contribution < 1.29 is 9.47 Å². The maximum Gasteiger partial charge on any atom is 0.118 e. The van der Waals surface area contributed by atoms with Crippen molar-refractivity contribution in [2.24, 2.45) is 0 Å². The fraction of sp³-hybridized carbons (Fsp3) is 0.600. The van der Waals surface area contributed by atoms with Gasteiger partial charge in [0.25, 0.3) is 0 Å². The van der Waals surface area contributed by atoms with Gasteiger partial charge in [-0.2, -0.15) is 0 Å². The molecule has 0 saturated carbocycles. The highest BCUT2D eigenvalue weighted by atomic mass is 16.5. The summed E-state index contributed by atoms with van der Waals surface area (Å²) in [7, 11) is 1.69. The van der Waals surface area contributed by atoms with Crippen LogP contribution in [0.4, 0.5) is 0 Å². The van der Waals surface area contributed by atoms with E-state index in [0.29, 0.717) is 6.04 Å². The van der Waals surface area contributed by atoms with Crippen molar-refractivity contribution in [3.63, 3.8) is 0 Å². The first-order valence-corrected chi connectivity index (χ1v) is 6.97. The number of rotatable bonds is 6. The smallest absolute Gasteiger partial charge is 0.118 e. The van der Waals surface area contributed by atoms with Crippen molar-refractivity contribution in [1.82, 2.24) is 10.2 Å². The summed E-state index contributed by atoms with van der Waals surface area (Å²) in [6.07, 6.45) is 0. The van der Waals surface area contributed by atoms with Gasteiger partial charge in [0, 0.05) is 32.2 Å². The lowest BCUT2D eigenvalue weighted by Crippen LogP contribution is -2.40. The van der Waals surface area contributed by atoms with E-state index in [-0.39, 0.29) is 0 Å². The highest BCUT2D eigenvalue weighted by molar-refractivity contribution is 5.28. The molecule has 0 bridgehead atoms. The molecule has 0 amide bonds. The molecule has 1 heterocycles. The third kappa shape index (κ3) is 4.49. The molecule has 4 heteroatoms. The zero-order valence-corrected chi connectivity index (χ0v) is 11.9. The minimum Gasteiger partial charge on any atom is -0.497 e. The van der Waals surface area contributed by atoms with Gasteiger partial charge in [-0.15, -0.1) is 0 Å². The number of nitrogens with zero attached hydrogens (tertiary/aromatic N) is 1. The molecule has 106 valence electrons. The molecule has 1 aliphatic rings. The maximum atomic E-state index is 5.34. The molecule has 1 saturated heterocycles. The number of methoxy groups -OCH3 is 1. The summed E-state index contributed by atoms with van der Waals surface area (Å²) < 4.78 is 10.5. The third-order valence-electron chi connectivity index (χ3n) is 3.60. The largest absolute Gasteiger partial charge is 0.497 e. The fourth-order valence-corrected chi connectivity index (χ4v) is 2.27. The molecule has 1 aromatic carbocycles. The van der Waals surface area contributed by atoms with Crippen molar-refractivity contribution in [1.29, 1.82) is 0 Å². The molecule has 0 aromatic heterocycles. The molecule has 19 heavy (non-hydrogen) atoms. The molecule has 1 atom stereocenters. The Morgan fingerprint density at radius 2 is 1.95 bits per heavy atom. The molecule has 0 radical (unpaired) electrons. The Hall–Kier alpha value is -1.10. The van der Waals surface area contributed by atoms with Gasteiger partial charge in [0.15, 0.2) is 0 Å². The molecule has 4 nitrogen and oxygen atoms in total. The zero-order chi connectivity index (χ0) is 13.5. The van der Waals surface area contributed by atoms with Crippen molar-refractivity contribution in [3.8, 4) is 5.75 Å². The Kier molecular flexibility index (Phi) is 5.63. The maximum absolute atomic E-state index is 5.34. The van der Waals surface area contributed by atoms with E-state index < -0.39 is 0 Å². The lowest BCUT2D eigenvalue weighted by atomic mass is 10.1. The van der Waals surface area contributed by atoms with Gasteiger partial charge in [0.1, 0.15) is 5.75 Å². The first kappa shape index (κ1) is 14.3. The van der Waals surface area contributed by atoms with Gasteiger partial charge in [-0.25, -0.2) is 0 Å². The van der Waals surface area contributed by atoms with Crippen LogP contribution >= 0.6 is 0 Å². The van der Waals surface area contributed by atoms with E-state index in [2.05, 4.69) is 29.3 Å². The van der Waals surface area contributed by atoms with Crippen LogP contribution in [0.2, 0.25) is 0 Å². The quantitative estimate of drug-likeness (QED) is 0.847. The van der Waals surface area contributed by atoms with E-state index in [1.807, 2.05) is 12.1 Å². The van der Waals surface area contributed by atoms with Crippen LogP contribution in [0.3, 0.4) is 0 Å². The number of ether oxygens (including phenoxy) is 2. The van der Waals surface area contributed by atoms with Gasteiger partial charge < -0.3 is 14.8 Å². The highest BCUT2D eigenvalue weighted by Gasteiger charge is 2.10. The lowest BCUT2D eigenvalue weighted by Gasteiger charge is -2.27. The molecule has 0 aliphatic carbocycles. The van der Waals surface area contributed by atoms with Crippen LogP contribution in [0, 0.1) is 0 Å². The second kappa shape index (κ2) is 7.48. The first-order chi connectivity index (χ1) is 9.29. The molecule has 1 aromatic rings. The van der Waals surface area contributed by atoms with Crippen LogP contribution < -0.4 is 10.1 Å². The Morgan fingerprint density at radius 3 is 2.58 bits per heavy atom. The summed E-state index contributed by atoms with van der Waals surface area (Å²) in [4.78, 5) is 2.44. The number of hydrogen-bond acceptors (Lipinski definition) is 4. The topological polar surface area (TPSA) is 33.7 Å². The molecular formula is C15H24N2O2.